The highest BCUT2D eigenvalue weighted by molar-refractivity contribution is 5.64. The van der Waals surface area contributed by atoms with E-state index in [9.17, 15) is 0 Å². The van der Waals surface area contributed by atoms with Crippen LogP contribution in [0.25, 0.3) is 0 Å². The van der Waals surface area contributed by atoms with Crippen molar-refractivity contribution in [3.05, 3.63) is 46.8 Å². The molecule has 1 aromatic heterocycles. The number of aromatic nitrogens is 2. The predicted octanol–water partition coefficient (Wildman–Crippen LogP) is 2.64. The van der Waals surface area contributed by atoms with Gasteiger partial charge in [-0.05, 0) is 38.3 Å². The van der Waals surface area contributed by atoms with E-state index >= 15 is 0 Å². The van der Waals surface area contributed by atoms with Crippen LogP contribution in [0.3, 0.4) is 0 Å². The quantitative estimate of drug-likeness (QED) is 0.909. The molecule has 0 amide bonds. The number of hydrogen-bond acceptors (Lipinski definition) is 4. The van der Waals surface area contributed by atoms with Gasteiger partial charge in [0.05, 0.1) is 0 Å². The van der Waals surface area contributed by atoms with Crippen molar-refractivity contribution in [2.75, 3.05) is 11.4 Å². The molecule has 0 saturated heterocycles. The Kier molecular flexibility index (Phi) is 3.40. The number of rotatable bonds is 2. The largest absolute Gasteiger partial charge is 0.326 e. The smallest absolute Gasteiger partial charge is 0.230 e. The Morgan fingerprint density at radius 1 is 1.30 bits per heavy atom. The number of fused-ring (bicyclic) bond motifs is 1. The molecule has 0 atom stereocenters. The standard InChI is InChI=1S/C16H20N4/c1-11-5-6-15-13(8-11)4-3-7-20(15)16-18-10-14(9-17)12(2)19-16/h5-6,8,10H,3-4,7,9,17H2,1-2H3. The molecular weight excluding hydrogens is 248 g/mol. The maximum Gasteiger partial charge on any atom is 0.230 e. The van der Waals surface area contributed by atoms with Crippen LogP contribution in [0.1, 0.15) is 28.8 Å². The summed E-state index contributed by atoms with van der Waals surface area (Å²) < 4.78 is 0. The first kappa shape index (κ1) is 13.1. The highest BCUT2D eigenvalue weighted by atomic mass is 15.3. The Morgan fingerprint density at radius 3 is 2.90 bits per heavy atom. The minimum Gasteiger partial charge on any atom is -0.326 e. The Morgan fingerprint density at radius 2 is 2.15 bits per heavy atom. The zero-order chi connectivity index (χ0) is 14.1. The molecule has 0 fully saturated rings. The number of benzene rings is 1. The van der Waals surface area contributed by atoms with Gasteiger partial charge in [-0.3, -0.25) is 0 Å². The molecule has 4 nitrogen and oxygen atoms in total. The topological polar surface area (TPSA) is 55.0 Å². The first-order valence-electron chi connectivity index (χ1n) is 7.08. The lowest BCUT2D eigenvalue weighted by molar-refractivity contribution is 0.746. The summed E-state index contributed by atoms with van der Waals surface area (Å²) in [6.45, 7) is 5.59. The minimum absolute atomic E-state index is 0.488. The molecule has 20 heavy (non-hydrogen) atoms. The SMILES string of the molecule is Cc1ccc2c(c1)CCCN2c1ncc(CN)c(C)n1. The minimum atomic E-state index is 0.488. The van der Waals surface area contributed by atoms with Crippen LogP contribution < -0.4 is 10.6 Å². The van der Waals surface area contributed by atoms with E-state index in [1.54, 1.807) is 0 Å². The average Bonchev–Trinajstić information content (AvgIpc) is 2.46. The van der Waals surface area contributed by atoms with Crippen LogP contribution in [0, 0.1) is 13.8 Å². The van der Waals surface area contributed by atoms with E-state index in [1.165, 1.54) is 16.8 Å². The average molecular weight is 268 g/mol. The summed E-state index contributed by atoms with van der Waals surface area (Å²) in [7, 11) is 0. The van der Waals surface area contributed by atoms with Crippen molar-refractivity contribution in [2.24, 2.45) is 5.73 Å². The number of aryl methyl sites for hydroxylation is 3. The molecule has 0 bridgehead atoms. The summed E-state index contributed by atoms with van der Waals surface area (Å²) in [5.41, 5.74) is 11.6. The molecule has 2 heterocycles. The summed E-state index contributed by atoms with van der Waals surface area (Å²) in [4.78, 5) is 11.3. The molecule has 0 aliphatic carbocycles. The van der Waals surface area contributed by atoms with Gasteiger partial charge in [0.25, 0.3) is 0 Å². The van der Waals surface area contributed by atoms with Gasteiger partial charge in [0.1, 0.15) is 0 Å². The van der Waals surface area contributed by atoms with Gasteiger partial charge in [0.2, 0.25) is 5.95 Å². The molecule has 2 N–H and O–H groups in total. The number of hydrogen-bond donors (Lipinski definition) is 1. The maximum atomic E-state index is 5.68. The lowest BCUT2D eigenvalue weighted by Gasteiger charge is -2.30. The highest BCUT2D eigenvalue weighted by Gasteiger charge is 2.20. The molecule has 4 heteroatoms. The molecule has 1 aliphatic heterocycles. The van der Waals surface area contributed by atoms with Crippen molar-refractivity contribution >= 4 is 11.6 Å². The number of nitrogens with zero attached hydrogens (tertiary/aromatic N) is 3. The zero-order valence-corrected chi connectivity index (χ0v) is 12.1. The third-order valence-electron chi connectivity index (χ3n) is 3.88. The van der Waals surface area contributed by atoms with E-state index in [4.69, 9.17) is 5.73 Å². The van der Waals surface area contributed by atoms with Crippen molar-refractivity contribution < 1.29 is 0 Å². The van der Waals surface area contributed by atoms with Gasteiger partial charge in [0, 0.05) is 36.2 Å². The van der Waals surface area contributed by atoms with Crippen LogP contribution >= 0.6 is 0 Å². The van der Waals surface area contributed by atoms with Crippen LogP contribution in [0.5, 0.6) is 0 Å². The summed E-state index contributed by atoms with van der Waals surface area (Å²) >= 11 is 0. The Bertz CT molecular complexity index is 636. The summed E-state index contributed by atoms with van der Waals surface area (Å²) in [5.74, 6) is 0.782. The highest BCUT2D eigenvalue weighted by Crippen LogP contribution is 2.32. The van der Waals surface area contributed by atoms with Crippen molar-refractivity contribution in [1.29, 1.82) is 0 Å². The van der Waals surface area contributed by atoms with Crippen LogP contribution in [-0.2, 0) is 13.0 Å². The van der Waals surface area contributed by atoms with E-state index in [0.717, 1.165) is 36.6 Å². The first-order valence-corrected chi connectivity index (χ1v) is 7.08. The fourth-order valence-electron chi connectivity index (χ4n) is 2.74. The molecular formula is C16H20N4. The number of nitrogens with two attached hydrogens (primary N) is 1. The second-order valence-electron chi connectivity index (χ2n) is 5.37. The van der Waals surface area contributed by atoms with Gasteiger partial charge in [-0.25, -0.2) is 9.97 Å². The summed E-state index contributed by atoms with van der Waals surface area (Å²) in [6, 6.07) is 6.60. The third kappa shape index (κ3) is 2.27. The molecule has 0 radical (unpaired) electrons. The molecule has 3 rings (SSSR count). The second kappa shape index (κ2) is 5.21. The summed E-state index contributed by atoms with van der Waals surface area (Å²) in [6.07, 6.45) is 4.12. The van der Waals surface area contributed by atoms with E-state index in [2.05, 4.69) is 40.0 Å². The summed E-state index contributed by atoms with van der Waals surface area (Å²) in [5, 5.41) is 0. The van der Waals surface area contributed by atoms with Crippen molar-refractivity contribution in [3.63, 3.8) is 0 Å². The van der Waals surface area contributed by atoms with Crippen LogP contribution in [-0.4, -0.2) is 16.5 Å². The Hall–Kier alpha value is -1.94. The zero-order valence-electron chi connectivity index (χ0n) is 12.1. The molecule has 2 aromatic rings. The van der Waals surface area contributed by atoms with Crippen molar-refractivity contribution in [3.8, 4) is 0 Å². The van der Waals surface area contributed by atoms with Crippen molar-refractivity contribution in [1.82, 2.24) is 9.97 Å². The number of anilines is 2. The van der Waals surface area contributed by atoms with Gasteiger partial charge in [-0.2, -0.15) is 0 Å². The Labute approximate surface area is 119 Å². The lowest BCUT2D eigenvalue weighted by Crippen LogP contribution is -2.26. The van der Waals surface area contributed by atoms with Gasteiger partial charge in [0.15, 0.2) is 0 Å². The molecule has 0 saturated carbocycles. The van der Waals surface area contributed by atoms with E-state index in [1.807, 2.05) is 13.1 Å². The molecule has 0 spiro atoms. The van der Waals surface area contributed by atoms with Crippen LogP contribution in [0.2, 0.25) is 0 Å². The fourth-order valence-corrected chi connectivity index (χ4v) is 2.74. The lowest BCUT2D eigenvalue weighted by atomic mass is 10.00. The van der Waals surface area contributed by atoms with Crippen molar-refractivity contribution in [2.45, 2.75) is 33.2 Å². The van der Waals surface area contributed by atoms with Crippen LogP contribution in [0.4, 0.5) is 11.6 Å². The van der Waals surface area contributed by atoms with Gasteiger partial charge in [-0.1, -0.05) is 17.7 Å². The van der Waals surface area contributed by atoms with Gasteiger partial charge >= 0.3 is 0 Å². The maximum absolute atomic E-state index is 5.68. The van der Waals surface area contributed by atoms with E-state index in [0.29, 0.717) is 6.54 Å². The normalized spacial score (nSPS) is 14.2. The second-order valence-corrected chi connectivity index (χ2v) is 5.37. The van der Waals surface area contributed by atoms with Crippen LogP contribution in [0.15, 0.2) is 24.4 Å². The molecule has 1 aliphatic rings. The van der Waals surface area contributed by atoms with Gasteiger partial charge < -0.3 is 10.6 Å². The molecule has 1 aromatic carbocycles. The monoisotopic (exact) mass is 268 g/mol. The predicted molar refractivity (Wildman–Crippen MR) is 81.2 cm³/mol. The third-order valence-corrected chi connectivity index (χ3v) is 3.88. The molecule has 104 valence electrons. The van der Waals surface area contributed by atoms with E-state index < -0.39 is 0 Å². The molecule has 0 unspecified atom stereocenters. The first-order chi connectivity index (χ1) is 9.69. The van der Waals surface area contributed by atoms with Gasteiger partial charge in [-0.15, -0.1) is 0 Å². The van der Waals surface area contributed by atoms with E-state index in [-0.39, 0.29) is 0 Å². The Balaban J connectivity index is 2.02. The fraction of sp³-hybridized carbons (Fsp3) is 0.375.